The van der Waals surface area contributed by atoms with Gasteiger partial charge in [-0.3, -0.25) is 9.69 Å². The molecule has 2 heterocycles. The first-order chi connectivity index (χ1) is 12.3. The van der Waals surface area contributed by atoms with Gasteiger partial charge in [0.1, 0.15) is 0 Å². The van der Waals surface area contributed by atoms with Gasteiger partial charge >= 0.3 is 0 Å². The molecule has 1 aromatic carbocycles. The second kappa shape index (κ2) is 12.6. The van der Waals surface area contributed by atoms with E-state index in [1.807, 2.05) is 0 Å². The number of hydrogen-bond donors (Lipinski definition) is 1. The number of piperidine rings is 2. The topological polar surface area (TPSA) is 35.6 Å². The van der Waals surface area contributed by atoms with E-state index >= 15 is 0 Å². The molecular weight excluding hydrogens is 381 g/mol. The molecule has 6 heteroatoms. The van der Waals surface area contributed by atoms with Crippen LogP contribution in [0.2, 0.25) is 0 Å². The van der Waals surface area contributed by atoms with Gasteiger partial charge in [0, 0.05) is 19.6 Å². The third kappa shape index (κ3) is 6.94. The summed E-state index contributed by atoms with van der Waals surface area (Å²) in [4.78, 5) is 17.7. The highest BCUT2D eigenvalue weighted by molar-refractivity contribution is 5.85. The lowest BCUT2D eigenvalue weighted by Gasteiger charge is -2.40. The third-order valence-corrected chi connectivity index (χ3v) is 5.74. The fourth-order valence-corrected chi connectivity index (χ4v) is 4.19. The number of carbonyl (C=O) groups is 1. The van der Waals surface area contributed by atoms with E-state index in [1.54, 1.807) is 0 Å². The van der Waals surface area contributed by atoms with Crippen molar-refractivity contribution in [3.63, 3.8) is 0 Å². The number of carbonyl (C=O) groups excluding carboxylic acids is 1. The van der Waals surface area contributed by atoms with Gasteiger partial charge in [0.05, 0.1) is 6.04 Å². The van der Waals surface area contributed by atoms with Crippen LogP contribution in [0, 0.1) is 5.92 Å². The van der Waals surface area contributed by atoms with Gasteiger partial charge in [-0.25, -0.2) is 0 Å². The number of amides is 1. The smallest absolute Gasteiger partial charge is 0.239 e. The number of halogens is 2. The van der Waals surface area contributed by atoms with Crippen LogP contribution in [-0.4, -0.2) is 54.5 Å². The van der Waals surface area contributed by atoms with Crippen LogP contribution in [0.1, 0.15) is 44.6 Å². The summed E-state index contributed by atoms with van der Waals surface area (Å²) < 4.78 is 0. The molecule has 4 nitrogen and oxygen atoms in total. The van der Waals surface area contributed by atoms with E-state index in [4.69, 9.17) is 0 Å². The highest BCUT2D eigenvalue weighted by Crippen LogP contribution is 2.24. The molecule has 1 aromatic rings. The summed E-state index contributed by atoms with van der Waals surface area (Å²) in [5.41, 5.74) is 1.31. The fraction of sp³-hybridized carbons (Fsp3) is 0.667. The molecule has 2 aliphatic heterocycles. The lowest BCUT2D eigenvalue weighted by atomic mass is 9.94. The zero-order chi connectivity index (χ0) is 17.5. The van der Waals surface area contributed by atoms with E-state index in [0.717, 1.165) is 64.4 Å². The molecule has 0 radical (unpaired) electrons. The van der Waals surface area contributed by atoms with E-state index in [9.17, 15) is 4.79 Å². The molecule has 1 amide bonds. The molecule has 3 rings (SSSR count). The summed E-state index contributed by atoms with van der Waals surface area (Å²) in [6, 6.07) is 10.7. The molecule has 0 aliphatic carbocycles. The maximum absolute atomic E-state index is 13.1. The quantitative estimate of drug-likeness (QED) is 0.768. The van der Waals surface area contributed by atoms with Crippen molar-refractivity contribution < 1.29 is 4.79 Å². The average Bonchev–Trinajstić information content (AvgIpc) is 2.67. The fourth-order valence-electron chi connectivity index (χ4n) is 4.19. The number of benzene rings is 1. The monoisotopic (exact) mass is 415 g/mol. The Morgan fingerprint density at radius 2 is 1.74 bits per heavy atom. The number of likely N-dealkylation sites (tertiary alicyclic amines) is 2. The van der Waals surface area contributed by atoms with Crippen LogP contribution in [0.3, 0.4) is 0 Å². The average molecular weight is 416 g/mol. The molecule has 0 bridgehead atoms. The van der Waals surface area contributed by atoms with Crippen molar-refractivity contribution in [2.24, 2.45) is 5.92 Å². The molecule has 154 valence electrons. The predicted octanol–water partition coefficient (Wildman–Crippen LogP) is 3.73. The van der Waals surface area contributed by atoms with Crippen molar-refractivity contribution in [3.05, 3.63) is 35.9 Å². The Labute approximate surface area is 176 Å². The van der Waals surface area contributed by atoms with Gasteiger partial charge in [0.15, 0.2) is 0 Å². The Morgan fingerprint density at radius 1 is 1.04 bits per heavy atom. The number of nitrogens with zero attached hydrogens (tertiary/aromatic N) is 2. The van der Waals surface area contributed by atoms with Crippen LogP contribution in [0.15, 0.2) is 30.3 Å². The van der Waals surface area contributed by atoms with E-state index in [1.165, 1.54) is 18.4 Å². The SMILES string of the molecule is CCNCC1CCN(C(=O)C2CCCCN2Cc2ccccc2)CC1.Cl.Cl. The molecular formula is C21H35Cl2N3O. The Kier molecular flexibility index (Phi) is 11.3. The van der Waals surface area contributed by atoms with Crippen molar-refractivity contribution in [2.45, 2.75) is 51.6 Å². The normalized spacial score (nSPS) is 21.2. The first-order valence-corrected chi connectivity index (χ1v) is 10.1. The molecule has 0 saturated carbocycles. The van der Waals surface area contributed by atoms with Crippen LogP contribution >= 0.6 is 24.8 Å². The predicted molar refractivity (Wildman–Crippen MR) is 117 cm³/mol. The van der Waals surface area contributed by atoms with Crippen LogP contribution in [0.4, 0.5) is 0 Å². The van der Waals surface area contributed by atoms with Gasteiger partial charge in [0.25, 0.3) is 0 Å². The van der Waals surface area contributed by atoms with E-state index in [0.29, 0.717) is 5.91 Å². The lowest BCUT2D eigenvalue weighted by Crippen LogP contribution is -2.52. The summed E-state index contributed by atoms with van der Waals surface area (Å²) in [6.45, 7) is 8.10. The summed E-state index contributed by atoms with van der Waals surface area (Å²) in [5.74, 6) is 1.10. The van der Waals surface area contributed by atoms with Gasteiger partial charge in [0.2, 0.25) is 5.91 Å². The van der Waals surface area contributed by atoms with Gasteiger partial charge < -0.3 is 10.2 Å². The number of hydrogen-bond acceptors (Lipinski definition) is 3. The minimum atomic E-state index is 0. The number of rotatable bonds is 6. The number of nitrogens with one attached hydrogen (secondary N) is 1. The van der Waals surface area contributed by atoms with Gasteiger partial charge in [-0.1, -0.05) is 43.7 Å². The zero-order valence-electron chi connectivity index (χ0n) is 16.4. The summed E-state index contributed by atoms with van der Waals surface area (Å²) in [7, 11) is 0. The molecule has 2 aliphatic rings. The molecule has 1 atom stereocenters. The van der Waals surface area contributed by atoms with Crippen molar-refractivity contribution in [1.29, 1.82) is 0 Å². The van der Waals surface area contributed by atoms with Crippen molar-refractivity contribution in [1.82, 2.24) is 15.1 Å². The second-order valence-corrected chi connectivity index (χ2v) is 7.54. The van der Waals surface area contributed by atoms with Crippen LogP contribution < -0.4 is 5.32 Å². The summed E-state index contributed by atoms with van der Waals surface area (Å²) >= 11 is 0. The maximum atomic E-state index is 13.1. The van der Waals surface area contributed by atoms with Gasteiger partial charge in [-0.05, 0) is 56.8 Å². The van der Waals surface area contributed by atoms with E-state index in [-0.39, 0.29) is 30.9 Å². The van der Waals surface area contributed by atoms with E-state index < -0.39 is 0 Å². The first kappa shape index (κ1) is 24.2. The van der Waals surface area contributed by atoms with Crippen molar-refractivity contribution in [3.8, 4) is 0 Å². The van der Waals surface area contributed by atoms with Crippen LogP contribution in [0.5, 0.6) is 0 Å². The first-order valence-electron chi connectivity index (χ1n) is 10.1. The molecule has 2 saturated heterocycles. The molecule has 1 unspecified atom stereocenters. The molecule has 27 heavy (non-hydrogen) atoms. The summed E-state index contributed by atoms with van der Waals surface area (Å²) in [6.07, 6.45) is 5.69. The van der Waals surface area contributed by atoms with Gasteiger partial charge in [-0.15, -0.1) is 24.8 Å². The lowest BCUT2D eigenvalue weighted by molar-refractivity contribution is -0.140. The van der Waals surface area contributed by atoms with Crippen LogP contribution in [0.25, 0.3) is 0 Å². The minimum Gasteiger partial charge on any atom is -0.341 e. The Hall–Kier alpha value is -0.810. The largest absolute Gasteiger partial charge is 0.341 e. The molecule has 1 N–H and O–H groups in total. The molecule has 0 aromatic heterocycles. The highest BCUT2D eigenvalue weighted by atomic mass is 35.5. The standard InChI is InChI=1S/C21H33N3O.2ClH/c1-2-22-16-18-11-14-23(15-12-18)21(25)20-10-6-7-13-24(20)17-19-8-4-3-5-9-19;;/h3-5,8-9,18,20,22H,2,6-7,10-17H2,1H3;2*1H. The second-order valence-electron chi connectivity index (χ2n) is 7.54. The van der Waals surface area contributed by atoms with Crippen molar-refractivity contribution in [2.75, 3.05) is 32.7 Å². The Balaban J connectivity index is 0.00000182. The minimum absolute atomic E-state index is 0. The van der Waals surface area contributed by atoms with Crippen LogP contribution in [-0.2, 0) is 11.3 Å². The summed E-state index contributed by atoms with van der Waals surface area (Å²) in [5, 5.41) is 3.45. The highest BCUT2D eigenvalue weighted by Gasteiger charge is 2.33. The van der Waals surface area contributed by atoms with E-state index in [2.05, 4.69) is 52.4 Å². The Morgan fingerprint density at radius 3 is 2.41 bits per heavy atom. The van der Waals surface area contributed by atoms with Gasteiger partial charge in [-0.2, -0.15) is 0 Å². The zero-order valence-corrected chi connectivity index (χ0v) is 18.1. The maximum Gasteiger partial charge on any atom is 0.239 e. The molecule has 0 spiro atoms. The third-order valence-electron chi connectivity index (χ3n) is 5.74. The van der Waals surface area contributed by atoms with Crippen molar-refractivity contribution >= 4 is 30.7 Å². The Bertz CT molecular complexity index is 535. The molecule has 2 fully saturated rings.